The highest BCUT2D eigenvalue weighted by molar-refractivity contribution is 7.80. The zero-order chi connectivity index (χ0) is 14.8. The molecule has 0 aliphatic carbocycles. The fraction of sp³-hybridized carbons (Fsp3) is 0.412. The highest BCUT2D eigenvalue weighted by Crippen LogP contribution is 2.24. The van der Waals surface area contributed by atoms with Gasteiger partial charge >= 0.3 is 0 Å². The lowest BCUT2D eigenvalue weighted by atomic mass is 10.00. The number of hydrogen-bond donors (Lipinski definition) is 1. The van der Waals surface area contributed by atoms with E-state index in [0.717, 1.165) is 30.7 Å². The molecule has 0 saturated carbocycles. The maximum absolute atomic E-state index is 5.93. The zero-order valence-corrected chi connectivity index (χ0v) is 13.2. The van der Waals surface area contributed by atoms with E-state index >= 15 is 0 Å². The van der Waals surface area contributed by atoms with Gasteiger partial charge in [0.05, 0.1) is 16.5 Å². The first kappa shape index (κ1) is 14.4. The molecule has 2 heterocycles. The Balaban J connectivity index is 1.95. The maximum Gasteiger partial charge on any atom is 0.0902 e. The van der Waals surface area contributed by atoms with Crippen LogP contribution in [0.1, 0.15) is 30.5 Å². The van der Waals surface area contributed by atoms with E-state index in [4.69, 9.17) is 18.0 Å². The van der Waals surface area contributed by atoms with E-state index < -0.39 is 0 Å². The molecule has 4 heteroatoms. The van der Waals surface area contributed by atoms with Gasteiger partial charge in [0.15, 0.2) is 0 Å². The van der Waals surface area contributed by atoms with Crippen LogP contribution < -0.4 is 5.73 Å². The molecule has 21 heavy (non-hydrogen) atoms. The second-order valence-corrected chi connectivity index (χ2v) is 6.30. The number of fused-ring (bicyclic) bond motifs is 1. The SMILES string of the molecule is Cc1cc(CN2CCCCC2C(N)=S)c2ccccc2n1. The Bertz CT molecular complexity index is 668. The molecule has 1 saturated heterocycles. The van der Waals surface area contributed by atoms with Crippen LogP contribution in [0, 0.1) is 6.92 Å². The Labute approximate surface area is 131 Å². The van der Waals surface area contributed by atoms with Crippen molar-refractivity contribution in [3.63, 3.8) is 0 Å². The summed E-state index contributed by atoms with van der Waals surface area (Å²) in [5.74, 6) is 0. The monoisotopic (exact) mass is 299 g/mol. The van der Waals surface area contributed by atoms with Crippen LogP contribution in [0.3, 0.4) is 0 Å². The topological polar surface area (TPSA) is 42.1 Å². The van der Waals surface area contributed by atoms with E-state index in [1.165, 1.54) is 23.8 Å². The van der Waals surface area contributed by atoms with Crippen LogP contribution in [-0.2, 0) is 6.54 Å². The molecule has 1 aromatic carbocycles. The number of thiocarbonyl (C=S) groups is 1. The number of nitrogens with two attached hydrogens (primary N) is 1. The highest BCUT2D eigenvalue weighted by atomic mass is 32.1. The third kappa shape index (κ3) is 3.06. The number of nitrogens with zero attached hydrogens (tertiary/aromatic N) is 2. The second-order valence-electron chi connectivity index (χ2n) is 5.82. The molecular weight excluding hydrogens is 278 g/mol. The molecule has 0 spiro atoms. The molecular formula is C17H21N3S. The van der Waals surface area contributed by atoms with E-state index in [1.807, 2.05) is 6.07 Å². The van der Waals surface area contributed by atoms with Crippen molar-refractivity contribution in [3.8, 4) is 0 Å². The molecule has 1 fully saturated rings. The van der Waals surface area contributed by atoms with Crippen LogP contribution in [0.4, 0.5) is 0 Å². The number of para-hydroxylation sites is 1. The van der Waals surface area contributed by atoms with Gasteiger partial charge in [0, 0.05) is 17.6 Å². The van der Waals surface area contributed by atoms with Gasteiger partial charge in [0.1, 0.15) is 0 Å². The summed E-state index contributed by atoms with van der Waals surface area (Å²) in [7, 11) is 0. The molecule has 1 atom stereocenters. The molecule has 0 bridgehead atoms. The van der Waals surface area contributed by atoms with Crippen molar-refractivity contribution in [3.05, 3.63) is 41.6 Å². The first-order valence-electron chi connectivity index (χ1n) is 7.54. The molecule has 3 nitrogen and oxygen atoms in total. The minimum atomic E-state index is 0.237. The van der Waals surface area contributed by atoms with Crippen molar-refractivity contribution in [1.29, 1.82) is 0 Å². The van der Waals surface area contributed by atoms with Gasteiger partial charge in [-0.05, 0) is 44.0 Å². The first-order chi connectivity index (χ1) is 10.1. The van der Waals surface area contributed by atoms with Gasteiger partial charge in [0.2, 0.25) is 0 Å². The number of pyridine rings is 1. The van der Waals surface area contributed by atoms with Gasteiger partial charge in [-0.25, -0.2) is 0 Å². The fourth-order valence-corrected chi connectivity index (χ4v) is 3.51. The average molecular weight is 299 g/mol. The largest absolute Gasteiger partial charge is 0.392 e. The van der Waals surface area contributed by atoms with Crippen LogP contribution in [0.15, 0.2) is 30.3 Å². The minimum absolute atomic E-state index is 0.237. The lowest BCUT2D eigenvalue weighted by Crippen LogP contribution is -2.46. The fourth-order valence-electron chi connectivity index (χ4n) is 3.25. The zero-order valence-electron chi connectivity index (χ0n) is 12.4. The third-order valence-electron chi connectivity index (χ3n) is 4.25. The summed E-state index contributed by atoms with van der Waals surface area (Å²) in [6.07, 6.45) is 3.52. The number of hydrogen-bond acceptors (Lipinski definition) is 3. The third-order valence-corrected chi connectivity index (χ3v) is 4.52. The minimum Gasteiger partial charge on any atom is -0.392 e. The van der Waals surface area contributed by atoms with E-state index in [9.17, 15) is 0 Å². The van der Waals surface area contributed by atoms with Crippen molar-refractivity contribution < 1.29 is 0 Å². The molecule has 0 radical (unpaired) electrons. The first-order valence-corrected chi connectivity index (χ1v) is 7.94. The van der Waals surface area contributed by atoms with Gasteiger partial charge in [-0.15, -0.1) is 0 Å². The molecule has 1 aromatic heterocycles. The molecule has 1 aliphatic heterocycles. The summed E-state index contributed by atoms with van der Waals surface area (Å²) in [6, 6.07) is 10.8. The number of piperidine rings is 1. The van der Waals surface area contributed by atoms with Gasteiger partial charge in [0.25, 0.3) is 0 Å². The maximum atomic E-state index is 5.93. The van der Waals surface area contributed by atoms with Gasteiger partial charge in [-0.1, -0.05) is 36.8 Å². The Morgan fingerprint density at radius 2 is 2.19 bits per heavy atom. The normalized spacial score (nSPS) is 19.8. The summed E-state index contributed by atoms with van der Waals surface area (Å²) in [5, 5.41) is 1.23. The van der Waals surface area contributed by atoms with E-state index in [0.29, 0.717) is 4.99 Å². The quantitative estimate of drug-likeness (QED) is 0.884. The molecule has 1 unspecified atom stereocenters. The summed E-state index contributed by atoms with van der Waals surface area (Å²) in [6.45, 7) is 4.01. The standard InChI is InChI=1S/C17H21N3S/c1-12-10-13(14-6-2-3-7-15(14)19-12)11-20-9-5-4-8-16(20)17(18)21/h2-3,6-7,10,16H,4-5,8-9,11H2,1H3,(H2,18,21). The molecule has 110 valence electrons. The molecule has 1 aliphatic rings. The Morgan fingerprint density at radius 1 is 1.38 bits per heavy atom. The Hall–Kier alpha value is -1.52. The van der Waals surface area contributed by atoms with Crippen LogP contribution in [0.2, 0.25) is 0 Å². The highest BCUT2D eigenvalue weighted by Gasteiger charge is 2.25. The Morgan fingerprint density at radius 3 is 3.00 bits per heavy atom. The molecule has 2 aromatic rings. The van der Waals surface area contributed by atoms with Crippen molar-refractivity contribution in [2.24, 2.45) is 5.73 Å². The molecule has 0 amide bonds. The van der Waals surface area contributed by atoms with Crippen molar-refractivity contribution in [2.75, 3.05) is 6.54 Å². The van der Waals surface area contributed by atoms with Gasteiger partial charge < -0.3 is 5.73 Å². The number of rotatable bonds is 3. The number of aromatic nitrogens is 1. The second kappa shape index (κ2) is 6.08. The Kier molecular flexibility index (Phi) is 4.17. The summed E-state index contributed by atoms with van der Waals surface area (Å²) >= 11 is 5.25. The molecule has 3 rings (SSSR count). The predicted octanol–water partition coefficient (Wildman–Crippen LogP) is 3.18. The van der Waals surface area contributed by atoms with Crippen molar-refractivity contribution in [1.82, 2.24) is 9.88 Å². The number of aryl methyl sites for hydroxylation is 1. The predicted molar refractivity (Wildman–Crippen MR) is 91.3 cm³/mol. The van der Waals surface area contributed by atoms with Crippen LogP contribution in [0.5, 0.6) is 0 Å². The number of benzene rings is 1. The average Bonchev–Trinajstić information content (AvgIpc) is 2.47. The van der Waals surface area contributed by atoms with Crippen LogP contribution in [0.25, 0.3) is 10.9 Å². The van der Waals surface area contributed by atoms with Crippen LogP contribution in [-0.4, -0.2) is 27.5 Å². The summed E-state index contributed by atoms with van der Waals surface area (Å²) in [4.78, 5) is 7.67. The van der Waals surface area contributed by atoms with Crippen molar-refractivity contribution >= 4 is 28.1 Å². The van der Waals surface area contributed by atoms with E-state index in [1.54, 1.807) is 0 Å². The summed E-state index contributed by atoms with van der Waals surface area (Å²) in [5.41, 5.74) is 9.38. The lowest BCUT2D eigenvalue weighted by molar-refractivity contribution is 0.185. The smallest absolute Gasteiger partial charge is 0.0902 e. The van der Waals surface area contributed by atoms with Crippen LogP contribution >= 0.6 is 12.2 Å². The van der Waals surface area contributed by atoms with Gasteiger partial charge in [-0.3, -0.25) is 9.88 Å². The number of likely N-dealkylation sites (tertiary alicyclic amines) is 1. The summed E-state index contributed by atoms with van der Waals surface area (Å²) < 4.78 is 0. The lowest BCUT2D eigenvalue weighted by Gasteiger charge is -2.35. The van der Waals surface area contributed by atoms with Gasteiger partial charge in [-0.2, -0.15) is 0 Å². The van der Waals surface area contributed by atoms with Crippen molar-refractivity contribution in [2.45, 2.75) is 38.8 Å². The van der Waals surface area contributed by atoms with E-state index in [2.05, 4.69) is 41.1 Å². The van der Waals surface area contributed by atoms with E-state index in [-0.39, 0.29) is 6.04 Å². The molecule has 2 N–H and O–H groups in total.